The van der Waals surface area contributed by atoms with E-state index in [1.807, 2.05) is 11.8 Å². The van der Waals surface area contributed by atoms with E-state index in [4.69, 9.17) is 10.9 Å². The van der Waals surface area contributed by atoms with Crippen molar-refractivity contribution in [1.82, 2.24) is 0 Å². The standard InChI is InChI=1S/C12H18N2OS/c1-10-5-7-11(8-6-10)16-9-3-2-4-12(13)14-15/h5-8,15H,2-4,9H2,1H3,(H2,13,14). The number of hydrogen-bond acceptors (Lipinski definition) is 3. The van der Waals surface area contributed by atoms with Crippen LogP contribution in [-0.2, 0) is 0 Å². The first kappa shape index (κ1) is 12.9. The predicted molar refractivity (Wildman–Crippen MR) is 69.2 cm³/mol. The van der Waals surface area contributed by atoms with Crippen molar-refractivity contribution >= 4 is 17.6 Å². The molecule has 3 nitrogen and oxygen atoms in total. The summed E-state index contributed by atoms with van der Waals surface area (Å²) in [5.74, 6) is 1.39. The Bertz CT molecular complexity index is 335. The molecule has 1 aromatic rings. The van der Waals surface area contributed by atoms with Gasteiger partial charge in [0.25, 0.3) is 0 Å². The van der Waals surface area contributed by atoms with Gasteiger partial charge in [-0.2, -0.15) is 0 Å². The van der Waals surface area contributed by atoms with Crippen molar-refractivity contribution in [3.63, 3.8) is 0 Å². The fourth-order valence-electron chi connectivity index (χ4n) is 1.28. The van der Waals surface area contributed by atoms with Gasteiger partial charge in [0.15, 0.2) is 0 Å². The van der Waals surface area contributed by atoms with E-state index < -0.39 is 0 Å². The lowest BCUT2D eigenvalue weighted by molar-refractivity contribution is 0.316. The molecule has 4 heteroatoms. The van der Waals surface area contributed by atoms with E-state index in [1.165, 1.54) is 10.5 Å². The molecular formula is C12H18N2OS. The van der Waals surface area contributed by atoms with E-state index in [1.54, 1.807) is 0 Å². The number of oxime groups is 1. The average Bonchev–Trinajstić information content (AvgIpc) is 2.31. The van der Waals surface area contributed by atoms with E-state index in [2.05, 4.69) is 36.3 Å². The molecule has 1 rings (SSSR count). The largest absolute Gasteiger partial charge is 0.409 e. The Morgan fingerprint density at radius 1 is 1.31 bits per heavy atom. The maximum Gasteiger partial charge on any atom is 0.139 e. The first-order valence-corrected chi connectivity index (χ1v) is 6.37. The van der Waals surface area contributed by atoms with Crippen molar-refractivity contribution in [2.75, 3.05) is 5.75 Å². The summed E-state index contributed by atoms with van der Waals surface area (Å²) in [7, 11) is 0. The van der Waals surface area contributed by atoms with Crippen molar-refractivity contribution in [3.05, 3.63) is 29.8 Å². The van der Waals surface area contributed by atoms with Crippen LogP contribution in [-0.4, -0.2) is 16.8 Å². The van der Waals surface area contributed by atoms with Crippen molar-refractivity contribution < 1.29 is 5.21 Å². The lowest BCUT2D eigenvalue weighted by Crippen LogP contribution is -2.10. The second-order valence-corrected chi connectivity index (χ2v) is 4.88. The van der Waals surface area contributed by atoms with E-state index in [9.17, 15) is 0 Å². The SMILES string of the molecule is Cc1ccc(SCCCCC(N)=NO)cc1. The molecular weight excluding hydrogens is 220 g/mol. The van der Waals surface area contributed by atoms with Gasteiger partial charge in [0.2, 0.25) is 0 Å². The zero-order valence-corrected chi connectivity index (χ0v) is 10.3. The number of unbranched alkanes of at least 4 members (excludes halogenated alkanes) is 1. The monoisotopic (exact) mass is 238 g/mol. The van der Waals surface area contributed by atoms with Crippen LogP contribution in [0.25, 0.3) is 0 Å². The minimum Gasteiger partial charge on any atom is -0.409 e. The minimum absolute atomic E-state index is 0.320. The lowest BCUT2D eigenvalue weighted by Gasteiger charge is -2.02. The van der Waals surface area contributed by atoms with Gasteiger partial charge >= 0.3 is 0 Å². The van der Waals surface area contributed by atoms with Gasteiger partial charge in [-0.15, -0.1) is 11.8 Å². The third-order valence-corrected chi connectivity index (χ3v) is 3.34. The zero-order valence-electron chi connectivity index (χ0n) is 9.52. The maximum absolute atomic E-state index is 8.35. The van der Waals surface area contributed by atoms with Gasteiger partial charge < -0.3 is 10.9 Å². The van der Waals surface area contributed by atoms with Crippen molar-refractivity contribution in [2.24, 2.45) is 10.9 Å². The molecule has 88 valence electrons. The van der Waals surface area contributed by atoms with Crippen LogP contribution < -0.4 is 5.73 Å². The fourth-order valence-corrected chi connectivity index (χ4v) is 2.20. The highest BCUT2D eigenvalue weighted by Gasteiger charge is 1.96. The highest BCUT2D eigenvalue weighted by Crippen LogP contribution is 2.19. The summed E-state index contributed by atoms with van der Waals surface area (Å²) < 4.78 is 0. The second-order valence-electron chi connectivity index (χ2n) is 3.71. The Morgan fingerprint density at radius 2 is 2.00 bits per heavy atom. The number of aryl methyl sites for hydroxylation is 1. The summed E-state index contributed by atoms with van der Waals surface area (Å²) in [6, 6.07) is 8.53. The molecule has 0 aliphatic heterocycles. The third-order valence-electron chi connectivity index (χ3n) is 2.25. The molecule has 3 N–H and O–H groups in total. The summed E-state index contributed by atoms with van der Waals surface area (Å²) in [6.45, 7) is 2.09. The molecule has 0 unspecified atom stereocenters. The molecule has 0 atom stereocenters. The Labute approximate surface area is 101 Å². The van der Waals surface area contributed by atoms with Crippen LogP contribution in [0.1, 0.15) is 24.8 Å². The van der Waals surface area contributed by atoms with Crippen LogP contribution >= 0.6 is 11.8 Å². The molecule has 0 radical (unpaired) electrons. The third kappa shape index (κ3) is 5.07. The number of amidine groups is 1. The quantitative estimate of drug-likeness (QED) is 0.200. The lowest BCUT2D eigenvalue weighted by atomic mass is 10.2. The number of benzene rings is 1. The molecule has 0 bridgehead atoms. The summed E-state index contributed by atoms with van der Waals surface area (Å²) >= 11 is 1.85. The molecule has 16 heavy (non-hydrogen) atoms. The normalized spacial score (nSPS) is 11.7. The van der Waals surface area contributed by atoms with Crippen LogP contribution in [0, 0.1) is 6.92 Å². The van der Waals surface area contributed by atoms with Gasteiger partial charge in [-0.05, 0) is 37.7 Å². The first-order valence-electron chi connectivity index (χ1n) is 5.38. The highest BCUT2D eigenvalue weighted by molar-refractivity contribution is 7.99. The van der Waals surface area contributed by atoms with E-state index >= 15 is 0 Å². The Hall–Kier alpha value is -1.16. The van der Waals surface area contributed by atoms with Crippen molar-refractivity contribution in [1.29, 1.82) is 0 Å². The van der Waals surface area contributed by atoms with Gasteiger partial charge in [0.1, 0.15) is 5.84 Å². The Morgan fingerprint density at radius 3 is 2.62 bits per heavy atom. The van der Waals surface area contributed by atoms with Crippen LogP contribution in [0.4, 0.5) is 0 Å². The molecule has 0 aliphatic carbocycles. The van der Waals surface area contributed by atoms with Crippen LogP contribution in [0.5, 0.6) is 0 Å². The smallest absolute Gasteiger partial charge is 0.139 e. The van der Waals surface area contributed by atoms with Crippen molar-refractivity contribution in [2.45, 2.75) is 31.1 Å². The molecule has 0 fully saturated rings. The number of nitrogens with two attached hydrogens (primary N) is 1. The number of hydrogen-bond donors (Lipinski definition) is 2. The molecule has 0 heterocycles. The van der Waals surface area contributed by atoms with Gasteiger partial charge in [-0.1, -0.05) is 22.9 Å². The zero-order chi connectivity index (χ0) is 11.8. The predicted octanol–water partition coefficient (Wildman–Crippen LogP) is 3.00. The molecule has 0 aliphatic rings. The molecule has 0 aromatic heterocycles. The van der Waals surface area contributed by atoms with Crippen molar-refractivity contribution in [3.8, 4) is 0 Å². The van der Waals surface area contributed by atoms with Gasteiger partial charge in [0.05, 0.1) is 0 Å². The summed E-state index contributed by atoms with van der Waals surface area (Å²) in [6.07, 6.45) is 2.72. The molecule has 0 saturated carbocycles. The average molecular weight is 238 g/mol. The van der Waals surface area contributed by atoms with E-state index in [0.29, 0.717) is 12.3 Å². The van der Waals surface area contributed by atoms with E-state index in [-0.39, 0.29) is 0 Å². The molecule has 0 spiro atoms. The number of rotatable bonds is 6. The van der Waals surface area contributed by atoms with Gasteiger partial charge in [-0.25, -0.2) is 0 Å². The maximum atomic E-state index is 8.35. The molecule has 0 amide bonds. The number of nitrogens with zero attached hydrogens (tertiary/aromatic N) is 1. The Kier molecular flexibility index (Phi) is 5.78. The fraction of sp³-hybridized carbons (Fsp3) is 0.417. The Balaban J connectivity index is 2.14. The van der Waals surface area contributed by atoms with Crippen LogP contribution in [0.15, 0.2) is 34.3 Å². The van der Waals surface area contributed by atoms with Gasteiger partial charge in [-0.3, -0.25) is 0 Å². The summed E-state index contributed by atoms with van der Waals surface area (Å²) in [5.41, 5.74) is 6.66. The van der Waals surface area contributed by atoms with Crippen LogP contribution in [0.2, 0.25) is 0 Å². The first-order chi connectivity index (χ1) is 7.72. The summed E-state index contributed by atoms with van der Waals surface area (Å²) in [4.78, 5) is 1.30. The number of thioether (sulfide) groups is 1. The highest BCUT2D eigenvalue weighted by atomic mass is 32.2. The molecule has 0 saturated heterocycles. The molecule has 1 aromatic carbocycles. The van der Waals surface area contributed by atoms with Gasteiger partial charge in [0, 0.05) is 11.3 Å². The van der Waals surface area contributed by atoms with E-state index in [0.717, 1.165) is 18.6 Å². The summed E-state index contributed by atoms with van der Waals surface area (Å²) in [5, 5.41) is 11.3. The topological polar surface area (TPSA) is 58.6 Å². The van der Waals surface area contributed by atoms with Crippen LogP contribution in [0.3, 0.4) is 0 Å². The minimum atomic E-state index is 0.320. The second kappa shape index (κ2) is 7.17.